The molecule has 1 atom stereocenters. The van der Waals surface area contributed by atoms with Crippen LogP contribution in [0.5, 0.6) is 0 Å². The van der Waals surface area contributed by atoms with Crippen LogP contribution in [0.3, 0.4) is 0 Å². The molecule has 0 saturated heterocycles. The highest BCUT2D eigenvalue weighted by Crippen LogP contribution is 2.11. The number of amides is 1. The van der Waals surface area contributed by atoms with Gasteiger partial charge in [-0.1, -0.05) is 22.6 Å². The van der Waals surface area contributed by atoms with Gasteiger partial charge in [0.05, 0.1) is 0 Å². The van der Waals surface area contributed by atoms with E-state index < -0.39 is 21.5 Å². The first-order valence-corrected chi connectivity index (χ1v) is 5.48. The number of alkyl halides is 1. The molecule has 1 N–H and O–H groups in total. The summed E-state index contributed by atoms with van der Waals surface area (Å²) in [6.45, 7) is 0. The molecule has 0 aliphatic heterocycles. The summed E-state index contributed by atoms with van der Waals surface area (Å²) in [4.78, 5) is 11.0. The lowest BCUT2D eigenvalue weighted by Gasteiger charge is -2.06. The molecule has 1 aromatic carbocycles. The third-order valence-electron chi connectivity index (χ3n) is 1.59. The summed E-state index contributed by atoms with van der Waals surface area (Å²) in [5.41, 5.74) is -2.93. The molecule has 0 bridgehead atoms. The Kier molecular flexibility index (Phi) is 3.91. The molecule has 0 aliphatic rings. The van der Waals surface area contributed by atoms with Gasteiger partial charge in [-0.25, -0.2) is 4.39 Å². The second-order valence-corrected chi connectivity index (χ2v) is 4.25. The van der Waals surface area contributed by atoms with Crippen LogP contribution in [-0.4, -0.2) is 19.8 Å². The molecule has 1 unspecified atom stereocenters. The van der Waals surface area contributed by atoms with Gasteiger partial charge >= 0.3 is 15.6 Å². The van der Waals surface area contributed by atoms with Gasteiger partial charge in [0.1, 0.15) is 0 Å². The van der Waals surface area contributed by atoms with Gasteiger partial charge in [0.15, 0.2) is 0 Å². The lowest BCUT2D eigenvalue weighted by Crippen LogP contribution is -2.31. The summed E-state index contributed by atoms with van der Waals surface area (Å²) < 4.78 is 47.7. The maximum absolute atomic E-state index is 12.9. The highest BCUT2D eigenvalue weighted by atomic mass is 32.2. The highest BCUT2D eigenvalue weighted by molar-refractivity contribution is 7.87. The quantitative estimate of drug-likeness (QED) is 0.871. The fourth-order valence-electron chi connectivity index (χ4n) is 0.884. The van der Waals surface area contributed by atoms with Crippen LogP contribution in [0.2, 0.25) is 0 Å². The average molecular weight is 251 g/mol. The summed E-state index contributed by atoms with van der Waals surface area (Å²) in [5, 5.41) is 1.94. The van der Waals surface area contributed by atoms with E-state index in [-0.39, 0.29) is 5.69 Å². The first kappa shape index (κ1) is 12.5. The normalized spacial score (nSPS) is 13.1. The number of carbonyl (C=O) groups is 1. The van der Waals surface area contributed by atoms with Crippen LogP contribution in [0.4, 0.5) is 14.6 Å². The monoisotopic (exact) mass is 251 g/mol. The Balaban J connectivity index is 2.74. The molecule has 1 aromatic rings. The van der Waals surface area contributed by atoms with Crippen molar-refractivity contribution in [3.05, 3.63) is 30.3 Å². The number of nitrogens with one attached hydrogen (secondary N) is 1. The maximum Gasteiger partial charge on any atom is 0.339 e. The maximum atomic E-state index is 12.9. The van der Waals surface area contributed by atoms with Crippen molar-refractivity contribution in [1.82, 2.24) is 0 Å². The van der Waals surface area contributed by atoms with Crippen molar-refractivity contribution in [1.29, 1.82) is 0 Å². The van der Waals surface area contributed by atoms with Crippen molar-refractivity contribution >= 4 is 21.7 Å². The Bertz CT molecular complexity index is 462. The van der Waals surface area contributed by atoms with E-state index >= 15 is 0 Å². The summed E-state index contributed by atoms with van der Waals surface area (Å²) >= 11 is 0. The Morgan fingerprint density at radius 3 is 2.38 bits per heavy atom. The third kappa shape index (κ3) is 2.97. The largest absolute Gasteiger partial charge is 0.339 e. The van der Waals surface area contributed by atoms with Crippen LogP contribution in [-0.2, 0) is 19.3 Å². The Hall–Kier alpha value is -1.54. The molecule has 16 heavy (non-hydrogen) atoms. The molecule has 1 rings (SSSR count). The van der Waals surface area contributed by atoms with Crippen LogP contribution < -0.4 is 5.32 Å². The van der Waals surface area contributed by atoms with Crippen molar-refractivity contribution in [2.45, 2.75) is 5.50 Å². The molecular formula is C8H7F2NO4S. The predicted molar refractivity (Wildman–Crippen MR) is 51.1 cm³/mol. The standard InChI is InChI=1S/C8H7F2NO4S/c9-7(16(13,14)15-10)8(12)11-6-4-2-1-3-5-6/h1-5,7H,(H,11,12). The molecule has 0 aliphatic carbocycles. The van der Waals surface area contributed by atoms with E-state index in [0.717, 1.165) is 0 Å². The van der Waals surface area contributed by atoms with Crippen molar-refractivity contribution in [3.63, 3.8) is 0 Å². The molecule has 0 heterocycles. The number of para-hydroxylation sites is 1. The summed E-state index contributed by atoms with van der Waals surface area (Å²) in [7, 11) is -5.16. The number of carbonyl (C=O) groups excluding carboxylic acids is 1. The van der Waals surface area contributed by atoms with Crippen molar-refractivity contribution in [3.8, 4) is 0 Å². The fraction of sp³-hybridized carbons (Fsp3) is 0.125. The molecule has 1 amide bonds. The second-order valence-electron chi connectivity index (χ2n) is 2.73. The van der Waals surface area contributed by atoms with Gasteiger partial charge in [-0.2, -0.15) is 8.42 Å². The zero-order valence-electron chi connectivity index (χ0n) is 7.76. The molecule has 0 saturated carbocycles. The van der Waals surface area contributed by atoms with Crippen LogP contribution in [0, 0.1) is 0 Å². The number of halogens is 2. The Morgan fingerprint density at radius 1 is 1.31 bits per heavy atom. The van der Waals surface area contributed by atoms with Crippen LogP contribution in [0.1, 0.15) is 0 Å². The van der Waals surface area contributed by atoms with Crippen molar-refractivity contribution in [2.75, 3.05) is 5.32 Å². The minimum Gasteiger partial charge on any atom is -0.323 e. The van der Waals surface area contributed by atoms with Gasteiger partial charge in [0.25, 0.3) is 5.91 Å². The summed E-state index contributed by atoms with van der Waals surface area (Å²) in [6.07, 6.45) is 0. The van der Waals surface area contributed by atoms with E-state index in [1.54, 1.807) is 18.2 Å². The summed E-state index contributed by atoms with van der Waals surface area (Å²) in [6, 6.07) is 7.55. The fourth-order valence-corrected chi connectivity index (χ4v) is 1.27. The van der Waals surface area contributed by atoms with Crippen molar-refractivity contribution in [2.24, 2.45) is 0 Å². The van der Waals surface area contributed by atoms with Gasteiger partial charge in [-0.15, -0.1) is 0 Å². The number of anilines is 1. The molecule has 0 radical (unpaired) electrons. The smallest absolute Gasteiger partial charge is 0.323 e. The number of hydrogen-bond donors (Lipinski definition) is 1. The predicted octanol–water partition coefficient (Wildman–Crippen LogP) is 1.15. The van der Waals surface area contributed by atoms with Gasteiger partial charge < -0.3 is 5.32 Å². The van der Waals surface area contributed by atoms with E-state index in [1.165, 1.54) is 12.1 Å². The minimum absolute atomic E-state index is 0.184. The van der Waals surface area contributed by atoms with E-state index in [2.05, 4.69) is 4.39 Å². The number of benzene rings is 1. The Labute approximate surface area is 90.1 Å². The van der Waals surface area contributed by atoms with E-state index in [1.807, 2.05) is 5.32 Å². The summed E-state index contributed by atoms with van der Waals surface area (Å²) in [5.74, 6) is -1.52. The van der Waals surface area contributed by atoms with Gasteiger partial charge in [-0.3, -0.25) is 4.79 Å². The molecule has 0 spiro atoms. The third-order valence-corrected chi connectivity index (χ3v) is 2.49. The lowest BCUT2D eigenvalue weighted by molar-refractivity contribution is -0.119. The number of hydrogen-bond acceptors (Lipinski definition) is 4. The van der Waals surface area contributed by atoms with Gasteiger partial charge in [0.2, 0.25) is 0 Å². The molecule has 5 nitrogen and oxygen atoms in total. The zero-order chi connectivity index (χ0) is 12.2. The van der Waals surface area contributed by atoms with E-state index in [4.69, 9.17) is 0 Å². The van der Waals surface area contributed by atoms with Crippen LogP contribution >= 0.6 is 0 Å². The molecule has 0 fully saturated rings. The zero-order valence-corrected chi connectivity index (χ0v) is 8.58. The SMILES string of the molecule is O=C(Nc1ccccc1)C(F)S(=O)(=O)OF. The molecule has 0 aromatic heterocycles. The van der Waals surface area contributed by atoms with Crippen LogP contribution in [0.15, 0.2) is 30.3 Å². The topological polar surface area (TPSA) is 72.5 Å². The van der Waals surface area contributed by atoms with Gasteiger partial charge in [0, 0.05) is 5.69 Å². The Morgan fingerprint density at radius 2 is 1.88 bits per heavy atom. The lowest BCUT2D eigenvalue weighted by atomic mass is 10.3. The average Bonchev–Trinajstić information content (AvgIpc) is 2.29. The molecule has 88 valence electrons. The minimum atomic E-state index is -5.16. The van der Waals surface area contributed by atoms with E-state index in [9.17, 15) is 22.1 Å². The van der Waals surface area contributed by atoms with E-state index in [0.29, 0.717) is 0 Å². The first-order valence-electron chi connectivity index (χ1n) is 4.01. The second kappa shape index (κ2) is 4.99. The van der Waals surface area contributed by atoms with Gasteiger partial charge in [-0.05, 0) is 16.7 Å². The van der Waals surface area contributed by atoms with Crippen molar-refractivity contribution < 1.29 is 26.5 Å². The molecular weight excluding hydrogens is 244 g/mol. The first-order chi connectivity index (χ1) is 7.47. The highest BCUT2D eigenvalue weighted by Gasteiger charge is 2.34. The molecule has 8 heteroatoms. The van der Waals surface area contributed by atoms with Crippen LogP contribution in [0.25, 0.3) is 0 Å². The number of rotatable bonds is 4.